The molecule has 10 atom stereocenters. The molecule has 4 aliphatic rings. The lowest BCUT2D eigenvalue weighted by Gasteiger charge is -2.63. The third kappa shape index (κ3) is 6.15. The maximum atomic E-state index is 4.23. The number of benzene rings is 2. The smallest absolute Gasteiger partial charge is 0.0342 e. The predicted molar refractivity (Wildman–Crippen MR) is 186 cm³/mol. The molecule has 0 bridgehead atoms. The lowest BCUT2D eigenvalue weighted by Crippen LogP contribution is -2.60. The van der Waals surface area contributed by atoms with Gasteiger partial charge in [-0.3, -0.25) is 0 Å². The summed E-state index contributed by atoms with van der Waals surface area (Å²) in [5.74, 6) is 5.91. The van der Waals surface area contributed by atoms with Gasteiger partial charge >= 0.3 is 0 Å². The second-order valence-electron chi connectivity index (χ2n) is 16.9. The average Bonchev–Trinajstić information content (AvgIpc) is 3.33. The summed E-state index contributed by atoms with van der Waals surface area (Å²) in [6.07, 6.45) is 15.4. The highest BCUT2D eigenvalue weighted by molar-refractivity contribution is 5.47. The van der Waals surface area contributed by atoms with Crippen LogP contribution in [0.5, 0.6) is 0 Å². The van der Waals surface area contributed by atoms with Crippen molar-refractivity contribution in [2.45, 2.75) is 131 Å². The molecule has 4 saturated carbocycles. The van der Waals surface area contributed by atoms with Crippen molar-refractivity contribution < 1.29 is 0 Å². The second-order valence-corrected chi connectivity index (χ2v) is 16.9. The first-order valence-electron chi connectivity index (χ1n) is 18.2. The van der Waals surface area contributed by atoms with Gasteiger partial charge in [-0.15, -0.1) is 0 Å². The molecule has 43 heavy (non-hydrogen) atoms. The molecular formula is C41H62N2. The molecule has 0 aliphatic heterocycles. The molecule has 0 aromatic heterocycles. The van der Waals surface area contributed by atoms with E-state index in [1.165, 1.54) is 93.1 Å². The normalized spacial score (nSPS) is 37.7. The van der Waals surface area contributed by atoms with Gasteiger partial charge in [-0.05, 0) is 142 Å². The number of anilines is 2. The van der Waals surface area contributed by atoms with Crippen molar-refractivity contribution in [2.24, 2.45) is 52.3 Å². The van der Waals surface area contributed by atoms with Gasteiger partial charge in [-0.25, -0.2) is 0 Å². The van der Waals surface area contributed by atoms with Gasteiger partial charge < -0.3 is 10.6 Å². The summed E-state index contributed by atoms with van der Waals surface area (Å²) < 4.78 is 0. The first-order valence-corrected chi connectivity index (χ1v) is 18.2. The third-order valence-electron chi connectivity index (χ3n) is 13.7. The summed E-state index contributed by atoms with van der Waals surface area (Å²) in [6.45, 7) is 17.3. The first kappa shape index (κ1) is 31.0. The van der Waals surface area contributed by atoms with Crippen molar-refractivity contribution >= 4 is 11.4 Å². The Morgan fingerprint density at radius 1 is 0.698 bits per heavy atom. The van der Waals surface area contributed by atoms with E-state index in [4.69, 9.17) is 0 Å². The van der Waals surface area contributed by atoms with E-state index < -0.39 is 0 Å². The molecule has 2 N–H and O–H groups in total. The van der Waals surface area contributed by atoms with Crippen LogP contribution in [0, 0.1) is 66.1 Å². The fraction of sp³-hybridized carbons (Fsp3) is 0.707. The number of aryl methyl sites for hydroxylation is 2. The van der Waals surface area contributed by atoms with Crippen molar-refractivity contribution in [3.8, 4) is 0 Å². The Morgan fingerprint density at radius 2 is 1.30 bits per heavy atom. The van der Waals surface area contributed by atoms with Crippen molar-refractivity contribution in [3.63, 3.8) is 0 Å². The molecule has 2 heteroatoms. The Kier molecular flexibility index (Phi) is 8.98. The summed E-state index contributed by atoms with van der Waals surface area (Å²) in [4.78, 5) is 0. The van der Waals surface area contributed by atoms with Crippen molar-refractivity contribution in [1.82, 2.24) is 0 Å². The molecule has 0 saturated heterocycles. The highest BCUT2D eigenvalue weighted by Crippen LogP contribution is 2.68. The second kappa shape index (κ2) is 12.4. The van der Waals surface area contributed by atoms with Gasteiger partial charge in [0.25, 0.3) is 0 Å². The lowest BCUT2D eigenvalue weighted by atomic mass is 9.43. The zero-order chi connectivity index (χ0) is 30.4. The van der Waals surface area contributed by atoms with E-state index in [9.17, 15) is 0 Å². The van der Waals surface area contributed by atoms with Crippen LogP contribution in [0.25, 0.3) is 0 Å². The molecule has 0 unspecified atom stereocenters. The average molecular weight is 583 g/mol. The van der Waals surface area contributed by atoms with Crippen LogP contribution in [0.15, 0.2) is 48.5 Å². The van der Waals surface area contributed by atoms with Crippen molar-refractivity contribution in [1.29, 1.82) is 0 Å². The SMILES string of the molecule is Cc1ccc(N[C@@H]2CC[C@@]3(C)[C@H](C2)C[C@@H](Nc2ccc(C)cc2)[C@@H]2[C@@H]3CC[C@]3(C)[C@@H]([C@H](C)CCCC(C)C)CC[C@@H]23)cc1. The van der Waals surface area contributed by atoms with E-state index >= 15 is 0 Å². The number of hydrogen-bond acceptors (Lipinski definition) is 2. The minimum atomic E-state index is 0.476. The number of fused-ring (bicyclic) bond motifs is 5. The van der Waals surface area contributed by atoms with Gasteiger partial charge in [0.1, 0.15) is 0 Å². The van der Waals surface area contributed by atoms with E-state index in [-0.39, 0.29) is 0 Å². The van der Waals surface area contributed by atoms with E-state index in [0.717, 1.165) is 41.4 Å². The van der Waals surface area contributed by atoms with Crippen molar-refractivity contribution in [2.75, 3.05) is 10.6 Å². The molecule has 2 aromatic rings. The molecule has 4 aliphatic carbocycles. The van der Waals surface area contributed by atoms with Gasteiger partial charge in [0.2, 0.25) is 0 Å². The largest absolute Gasteiger partial charge is 0.382 e. The summed E-state index contributed by atoms with van der Waals surface area (Å²) in [5.41, 5.74) is 6.33. The third-order valence-corrected chi connectivity index (χ3v) is 13.7. The maximum absolute atomic E-state index is 4.23. The van der Waals surface area contributed by atoms with E-state index in [0.29, 0.717) is 22.9 Å². The Labute approximate surface area is 264 Å². The molecule has 4 fully saturated rings. The molecule has 2 aromatic carbocycles. The van der Waals surface area contributed by atoms with Crippen LogP contribution in [0.4, 0.5) is 11.4 Å². The molecular weight excluding hydrogens is 520 g/mol. The first-order chi connectivity index (χ1) is 20.6. The van der Waals surface area contributed by atoms with Gasteiger partial charge in [0.15, 0.2) is 0 Å². The summed E-state index contributed by atoms with van der Waals surface area (Å²) in [6, 6.07) is 19.5. The quantitative estimate of drug-likeness (QED) is 0.307. The van der Waals surface area contributed by atoms with Crippen LogP contribution in [0.1, 0.15) is 116 Å². The molecule has 0 radical (unpaired) electrons. The maximum Gasteiger partial charge on any atom is 0.0342 e. The summed E-state index contributed by atoms with van der Waals surface area (Å²) in [7, 11) is 0. The number of hydrogen-bond donors (Lipinski definition) is 2. The standard InChI is InChI=1S/C41H62N2/c1-27(2)9-8-10-30(5)35-19-20-36-39-37(22-24-41(35,36)7)40(6)23-21-34(42-32-15-11-28(3)12-16-32)25-31(40)26-38(39)43-33-17-13-29(4)14-18-33/h11-18,27,30-31,34-39,42-43H,8-10,19-26H2,1-7H3/t30-,31-,34-,35-,36+,37+,38-,39+,40+,41-/m1/s1. The Morgan fingerprint density at radius 3 is 1.95 bits per heavy atom. The van der Waals surface area contributed by atoms with E-state index in [1.54, 1.807) is 0 Å². The van der Waals surface area contributed by atoms with Gasteiger partial charge in [0, 0.05) is 23.5 Å². The van der Waals surface area contributed by atoms with Crippen molar-refractivity contribution in [3.05, 3.63) is 59.7 Å². The Bertz CT molecular complexity index is 1200. The van der Waals surface area contributed by atoms with Crippen LogP contribution in [0.2, 0.25) is 0 Å². The van der Waals surface area contributed by atoms with Gasteiger partial charge in [0.05, 0.1) is 0 Å². The zero-order valence-corrected chi connectivity index (χ0v) is 28.6. The van der Waals surface area contributed by atoms with Gasteiger partial charge in [-0.1, -0.05) is 89.3 Å². The monoisotopic (exact) mass is 582 g/mol. The highest BCUT2D eigenvalue weighted by atomic mass is 15.0. The summed E-state index contributed by atoms with van der Waals surface area (Å²) >= 11 is 0. The Hall–Kier alpha value is -1.96. The fourth-order valence-electron chi connectivity index (χ4n) is 11.3. The number of nitrogens with one attached hydrogen (secondary N) is 2. The highest BCUT2D eigenvalue weighted by Gasteiger charge is 2.63. The van der Waals surface area contributed by atoms with E-state index in [1.807, 2.05) is 0 Å². The van der Waals surface area contributed by atoms with Crippen LogP contribution >= 0.6 is 0 Å². The molecule has 2 nitrogen and oxygen atoms in total. The summed E-state index contributed by atoms with van der Waals surface area (Å²) in [5, 5.41) is 8.19. The molecule has 236 valence electrons. The van der Waals surface area contributed by atoms with Crippen LogP contribution < -0.4 is 10.6 Å². The fourth-order valence-corrected chi connectivity index (χ4v) is 11.3. The molecule has 0 heterocycles. The van der Waals surface area contributed by atoms with E-state index in [2.05, 4.69) is 108 Å². The van der Waals surface area contributed by atoms with Crippen LogP contribution in [-0.2, 0) is 0 Å². The molecule has 0 spiro atoms. The van der Waals surface area contributed by atoms with Crippen LogP contribution in [-0.4, -0.2) is 12.1 Å². The minimum Gasteiger partial charge on any atom is -0.382 e. The molecule has 0 amide bonds. The Balaban J connectivity index is 1.25. The minimum absolute atomic E-state index is 0.476. The molecule has 6 rings (SSSR count). The number of rotatable bonds is 9. The lowest BCUT2D eigenvalue weighted by molar-refractivity contribution is -0.120. The van der Waals surface area contributed by atoms with Crippen LogP contribution in [0.3, 0.4) is 0 Å². The van der Waals surface area contributed by atoms with Gasteiger partial charge in [-0.2, -0.15) is 0 Å². The predicted octanol–water partition coefficient (Wildman–Crippen LogP) is 11.3. The zero-order valence-electron chi connectivity index (χ0n) is 28.6. The topological polar surface area (TPSA) is 24.1 Å².